The Bertz CT molecular complexity index is 521. The second-order valence-corrected chi connectivity index (χ2v) is 5.92. The maximum Gasteiger partial charge on any atom is 0.166 e. The molecule has 4 heteroatoms. The Morgan fingerprint density at radius 1 is 1.20 bits per heavy atom. The third kappa shape index (κ3) is 2.49. The summed E-state index contributed by atoms with van der Waals surface area (Å²) in [6, 6.07) is 3.40. The molecule has 1 aliphatic carbocycles. The maximum atomic E-state index is 13.2. The Labute approximate surface area is 117 Å². The van der Waals surface area contributed by atoms with Gasteiger partial charge in [-0.05, 0) is 43.9 Å². The van der Waals surface area contributed by atoms with Gasteiger partial charge in [-0.15, -0.1) is 0 Å². The van der Waals surface area contributed by atoms with Crippen LogP contribution in [0, 0.1) is 17.6 Å². The van der Waals surface area contributed by atoms with E-state index >= 15 is 0 Å². The number of carbonyl (C=O) groups is 1. The van der Waals surface area contributed by atoms with Crippen LogP contribution in [0.3, 0.4) is 0 Å². The first-order valence-electron chi connectivity index (χ1n) is 7.23. The van der Waals surface area contributed by atoms with Gasteiger partial charge in [0.25, 0.3) is 0 Å². The highest BCUT2D eigenvalue weighted by Crippen LogP contribution is 2.42. The fourth-order valence-electron chi connectivity index (χ4n) is 3.50. The zero-order valence-corrected chi connectivity index (χ0v) is 11.3. The van der Waals surface area contributed by atoms with Crippen molar-refractivity contribution in [3.05, 3.63) is 35.4 Å². The smallest absolute Gasteiger partial charge is 0.166 e. The number of halogens is 2. The number of Topliss-reactive ketones (excluding diaryl/α,β-unsaturated/α-hetero) is 1. The van der Waals surface area contributed by atoms with Crippen LogP contribution in [0.5, 0.6) is 0 Å². The zero-order chi connectivity index (χ0) is 14.2. The molecule has 1 saturated carbocycles. The van der Waals surface area contributed by atoms with Gasteiger partial charge in [0.15, 0.2) is 17.4 Å². The molecular weight excluding hydrogens is 262 g/mol. The van der Waals surface area contributed by atoms with Crippen LogP contribution < -0.4 is 0 Å². The van der Waals surface area contributed by atoms with Crippen LogP contribution in [0.4, 0.5) is 8.78 Å². The van der Waals surface area contributed by atoms with E-state index in [1.165, 1.54) is 6.07 Å². The zero-order valence-electron chi connectivity index (χ0n) is 11.3. The van der Waals surface area contributed by atoms with Crippen molar-refractivity contribution < 1.29 is 18.3 Å². The predicted molar refractivity (Wildman–Crippen MR) is 70.6 cm³/mol. The predicted octanol–water partition coefficient (Wildman–Crippen LogP) is 3.89. The second kappa shape index (κ2) is 5.24. The van der Waals surface area contributed by atoms with E-state index < -0.39 is 11.6 Å². The largest absolute Gasteiger partial charge is 0.375 e. The summed E-state index contributed by atoms with van der Waals surface area (Å²) in [7, 11) is 0. The summed E-state index contributed by atoms with van der Waals surface area (Å²) in [5.41, 5.74) is 0.126. The SMILES string of the molecule is O=C(c1ccc(F)c(F)c1)C1CCOC2(CCCC2)C1. The second-order valence-electron chi connectivity index (χ2n) is 5.92. The van der Waals surface area contributed by atoms with Crippen molar-refractivity contribution >= 4 is 5.78 Å². The summed E-state index contributed by atoms with van der Waals surface area (Å²) in [6.07, 6.45) is 5.69. The number of ketones is 1. The molecule has 1 saturated heterocycles. The van der Waals surface area contributed by atoms with E-state index in [-0.39, 0.29) is 22.9 Å². The van der Waals surface area contributed by atoms with Crippen molar-refractivity contribution in [2.24, 2.45) is 5.92 Å². The number of rotatable bonds is 2. The van der Waals surface area contributed by atoms with Gasteiger partial charge in [-0.25, -0.2) is 8.78 Å². The minimum atomic E-state index is -0.960. The summed E-state index contributed by atoms with van der Waals surface area (Å²) in [5, 5.41) is 0. The Kier molecular flexibility index (Phi) is 3.59. The van der Waals surface area contributed by atoms with Crippen LogP contribution >= 0.6 is 0 Å². The Balaban J connectivity index is 1.77. The molecule has 2 nitrogen and oxygen atoms in total. The molecule has 2 fully saturated rings. The topological polar surface area (TPSA) is 26.3 Å². The summed E-state index contributed by atoms with van der Waals surface area (Å²) >= 11 is 0. The van der Waals surface area contributed by atoms with E-state index in [9.17, 15) is 13.6 Å². The number of carbonyl (C=O) groups excluding carboxylic acids is 1. The lowest BCUT2D eigenvalue weighted by atomic mass is 9.80. The minimum absolute atomic E-state index is 0.0847. The normalized spacial score (nSPS) is 25.0. The third-order valence-electron chi connectivity index (χ3n) is 4.58. The molecule has 1 aromatic rings. The Morgan fingerprint density at radius 2 is 1.95 bits per heavy atom. The van der Waals surface area contributed by atoms with Crippen molar-refractivity contribution in [3.63, 3.8) is 0 Å². The fourth-order valence-corrected chi connectivity index (χ4v) is 3.50. The van der Waals surface area contributed by atoms with Gasteiger partial charge < -0.3 is 4.74 Å². The first kappa shape index (κ1) is 13.7. The highest BCUT2D eigenvalue weighted by Gasteiger charge is 2.42. The van der Waals surface area contributed by atoms with Crippen molar-refractivity contribution in [1.29, 1.82) is 0 Å². The fraction of sp³-hybridized carbons (Fsp3) is 0.562. The monoisotopic (exact) mass is 280 g/mol. The minimum Gasteiger partial charge on any atom is -0.375 e. The first-order valence-corrected chi connectivity index (χ1v) is 7.23. The molecule has 0 bridgehead atoms. The van der Waals surface area contributed by atoms with Gasteiger partial charge in [0.05, 0.1) is 5.60 Å². The molecule has 1 atom stereocenters. The number of hydrogen-bond acceptors (Lipinski definition) is 2. The maximum absolute atomic E-state index is 13.2. The molecule has 1 aliphatic heterocycles. The Hall–Kier alpha value is -1.29. The van der Waals surface area contributed by atoms with Gasteiger partial charge in [-0.2, -0.15) is 0 Å². The molecule has 0 amide bonds. The van der Waals surface area contributed by atoms with Gasteiger partial charge in [-0.3, -0.25) is 4.79 Å². The van der Waals surface area contributed by atoms with E-state index in [0.717, 1.165) is 37.8 Å². The van der Waals surface area contributed by atoms with Gasteiger partial charge in [0, 0.05) is 18.1 Å². The molecular formula is C16H18F2O2. The summed E-state index contributed by atoms with van der Waals surface area (Å²) in [4.78, 5) is 12.5. The lowest BCUT2D eigenvalue weighted by Gasteiger charge is -2.37. The van der Waals surface area contributed by atoms with Crippen LogP contribution in [0.15, 0.2) is 18.2 Å². The average Bonchev–Trinajstić information content (AvgIpc) is 2.89. The Morgan fingerprint density at radius 3 is 2.65 bits per heavy atom. The van der Waals surface area contributed by atoms with Crippen molar-refractivity contribution in [3.8, 4) is 0 Å². The molecule has 1 spiro atoms. The number of hydrogen-bond donors (Lipinski definition) is 0. The average molecular weight is 280 g/mol. The van der Waals surface area contributed by atoms with E-state index in [4.69, 9.17) is 4.74 Å². The van der Waals surface area contributed by atoms with Gasteiger partial charge in [0.2, 0.25) is 0 Å². The molecule has 1 heterocycles. The molecule has 20 heavy (non-hydrogen) atoms. The van der Waals surface area contributed by atoms with Crippen LogP contribution in [0.2, 0.25) is 0 Å². The summed E-state index contributed by atoms with van der Waals surface area (Å²) in [5.74, 6) is -2.09. The van der Waals surface area contributed by atoms with Crippen LogP contribution in [0.1, 0.15) is 48.9 Å². The highest BCUT2D eigenvalue weighted by molar-refractivity contribution is 5.98. The van der Waals surface area contributed by atoms with Crippen LogP contribution in [-0.2, 0) is 4.74 Å². The molecule has 1 unspecified atom stereocenters. The van der Waals surface area contributed by atoms with Gasteiger partial charge in [-0.1, -0.05) is 12.8 Å². The van der Waals surface area contributed by atoms with Gasteiger partial charge in [0.1, 0.15) is 0 Å². The molecule has 2 aliphatic rings. The lowest BCUT2D eigenvalue weighted by molar-refractivity contribution is -0.0866. The third-order valence-corrected chi connectivity index (χ3v) is 4.58. The standard InChI is InChI=1S/C16H18F2O2/c17-13-4-3-11(9-14(13)18)15(19)12-5-8-20-16(10-12)6-1-2-7-16/h3-4,9,12H,1-2,5-8,10H2. The van der Waals surface area contributed by atoms with E-state index in [1.807, 2.05) is 0 Å². The quantitative estimate of drug-likeness (QED) is 0.768. The van der Waals surface area contributed by atoms with Crippen LogP contribution in [0.25, 0.3) is 0 Å². The van der Waals surface area contributed by atoms with Crippen molar-refractivity contribution in [1.82, 2.24) is 0 Å². The van der Waals surface area contributed by atoms with Gasteiger partial charge >= 0.3 is 0 Å². The highest BCUT2D eigenvalue weighted by atomic mass is 19.2. The summed E-state index contributed by atoms with van der Waals surface area (Å²) < 4.78 is 32.1. The van der Waals surface area contributed by atoms with E-state index in [0.29, 0.717) is 19.4 Å². The number of benzene rings is 1. The molecule has 0 radical (unpaired) electrons. The molecule has 1 aromatic carbocycles. The van der Waals surface area contributed by atoms with E-state index in [2.05, 4.69) is 0 Å². The van der Waals surface area contributed by atoms with E-state index in [1.54, 1.807) is 0 Å². The first-order chi connectivity index (χ1) is 9.60. The number of ether oxygens (including phenoxy) is 1. The molecule has 3 rings (SSSR count). The van der Waals surface area contributed by atoms with Crippen molar-refractivity contribution in [2.75, 3.05) is 6.61 Å². The van der Waals surface area contributed by atoms with Crippen molar-refractivity contribution in [2.45, 2.75) is 44.1 Å². The summed E-state index contributed by atoms with van der Waals surface area (Å²) in [6.45, 7) is 0.583. The molecule has 108 valence electrons. The molecule has 0 aromatic heterocycles. The molecule has 0 N–H and O–H groups in total. The van der Waals surface area contributed by atoms with Crippen LogP contribution in [-0.4, -0.2) is 18.0 Å². The lowest BCUT2D eigenvalue weighted by Crippen LogP contribution is -2.39.